The van der Waals surface area contributed by atoms with Crippen LogP contribution in [-0.2, 0) is 0 Å². The molecule has 0 saturated heterocycles. The standard InChI is InChI=1S/C25H18ClN3O5/c1-15-13-18(29(32)33)8-9-19(15)22-11-12-23(34-22)25(31)27-17-7-10-21(20(26)14-17)28-24(30)16-5-3-2-4-6-16/h2-14H,1H3,(H,27,31)(H,28,30). The lowest BCUT2D eigenvalue weighted by Crippen LogP contribution is -2.13. The van der Waals surface area contributed by atoms with Crippen molar-refractivity contribution in [2.75, 3.05) is 10.6 Å². The topological polar surface area (TPSA) is 114 Å². The highest BCUT2D eigenvalue weighted by atomic mass is 35.5. The third-order valence-corrected chi connectivity index (χ3v) is 5.34. The van der Waals surface area contributed by atoms with E-state index in [0.29, 0.717) is 33.8 Å². The number of aryl methyl sites for hydroxylation is 1. The SMILES string of the molecule is Cc1cc([N+](=O)[O-])ccc1-c1ccc(C(=O)Nc2ccc(NC(=O)c3ccccc3)c(Cl)c2)o1. The summed E-state index contributed by atoms with van der Waals surface area (Å²) in [6, 6.07) is 21.0. The fourth-order valence-electron chi connectivity index (χ4n) is 3.31. The molecule has 0 aliphatic heterocycles. The van der Waals surface area contributed by atoms with Gasteiger partial charge in [0.15, 0.2) is 5.76 Å². The molecule has 0 aliphatic carbocycles. The van der Waals surface area contributed by atoms with Crippen LogP contribution in [0.3, 0.4) is 0 Å². The fourth-order valence-corrected chi connectivity index (χ4v) is 3.54. The molecule has 0 aliphatic rings. The van der Waals surface area contributed by atoms with E-state index in [4.69, 9.17) is 16.0 Å². The highest BCUT2D eigenvalue weighted by molar-refractivity contribution is 6.34. The molecule has 1 heterocycles. The van der Waals surface area contributed by atoms with Gasteiger partial charge in [-0.25, -0.2) is 0 Å². The Kier molecular flexibility index (Phi) is 6.42. The van der Waals surface area contributed by atoms with E-state index in [-0.39, 0.29) is 22.4 Å². The Bertz CT molecular complexity index is 1400. The summed E-state index contributed by atoms with van der Waals surface area (Å²) in [4.78, 5) is 35.4. The quantitative estimate of drug-likeness (QED) is 0.250. The maximum atomic E-state index is 12.6. The molecule has 0 radical (unpaired) electrons. The van der Waals surface area contributed by atoms with Crippen LogP contribution in [0.25, 0.3) is 11.3 Å². The summed E-state index contributed by atoms with van der Waals surface area (Å²) in [5, 5.41) is 16.6. The second kappa shape index (κ2) is 9.60. The number of carbonyl (C=O) groups excluding carboxylic acids is 2. The van der Waals surface area contributed by atoms with Crippen molar-refractivity contribution in [3.8, 4) is 11.3 Å². The lowest BCUT2D eigenvalue weighted by Gasteiger charge is -2.10. The summed E-state index contributed by atoms with van der Waals surface area (Å²) in [5.41, 5.74) is 2.58. The van der Waals surface area contributed by atoms with Gasteiger partial charge in [-0.15, -0.1) is 0 Å². The van der Waals surface area contributed by atoms with Gasteiger partial charge in [0, 0.05) is 28.9 Å². The summed E-state index contributed by atoms with van der Waals surface area (Å²) in [6.45, 7) is 1.73. The van der Waals surface area contributed by atoms with Gasteiger partial charge in [-0.1, -0.05) is 29.8 Å². The Morgan fingerprint density at radius 3 is 2.35 bits per heavy atom. The van der Waals surface area contributed by atoms with Gasteiger partial charge < -0.3 is 15.1 Å². The number of nitrogens with zero attached hydrogens (tertiary/aromatic N) is 1. The molecule has 0 spiro atoms. The summed E-state index contributed by atoms with van der Waals surface area (Å²) in [5.74, 6) is -0.327. The summed E-state index contributed by atoms with van der Waals surface area (Å²) >= 11 is 6.29. The zero-order valence-electron chi connectivity index (χ0n) is 17.9. The minimum Gasteiger partial charge on any atom is -0.451 e. The fraction of sp³-hybridized carbons (Fsp3) is 0.0400. The Balaban J connectivity index is 1.45. The van der Waals surface area contributed by atoms with E-state index in [1.54, 1.807) is 55.5 Å². The number of hydrogen-bond donors (Lipinski definition) is 2. The first-order valence-electron chi connectivity index (χ1n) is 10.1. The van der Waals surface area contributed by atoms with Crippen molar-refractivity contribution < 1.29 is 18.9 Å². The molecule has 0 unspecified atom stereocenters. The smallest absolute Gasteiger partial charge is 0.291 e. The lowest BCUT2D eigenvalue weighted by molar-refractivity contribution is -0.384. The van der Waals surface area contributed by atoms with Crippen molar-refractivity contribution >= 4 is 40.5 Å². The van der Waals surface area contributed by atoms with E-state index in [1.807, 2.05) is 6.07 Å². The van der Waals surface area contributed by atoms with Crippen LogP contribution in [0.2, 0.25) is 5.02 Å². The Hall–Kier alpha value is -4.43. The van der Waals surface area contributed by atoms with Gasteiger partial charge in [0.1, 0.15) is 5.76 Å². The number of amides is 2. The highest BCUT2D eigenvalue weighted by Crippen LogP contribution is 2.30. The van der Waals surface area contributed by atoms with Crippen LogP contribution >= 0.6 is 11.6 Å². The van der Waals surface area contributed by atoms with Crippen LogP contribution in [0.15, 0.2) is 83.3 Å². The van der Waals surface area contributed by atoms with Crippen LogP contribution in [-0.4, -0.2) is 16.7 Å². The maximum absolute atomic E-state index is 12.6. The largest absolute Gasteiger partial charge is 0.451 e. The van der Waals surface area contributed by atoms with Crippen molar-refractivity contribution in [3.05, 3.63) is 111 Å². The molecule has 34 heavy (non-hydrogen) atoms. The number of hydrogen-bond acceptors (Lipinski definition) is 5. The molecular weight excluding hydrogens is 458 g/mol. The minimum atomic E-state index is -0.497. The lowest BCUT2D eigenvalue weighted by atomic mass is 10.1. The third kappa shape index (κ3) is 4.97. The second-order valence-electron chi connectivity index (χ2n) is 7.39. The zero-order valence-corrected chi connectivity index (χ0v) is 18.6. The normalized spacial score (nSPS) is 10.5. The number of nitrogens with one attached hydrogen (secondary N) is 2. The number of benzene rings is 3. The van der Waals surface area contributed by atoms with Gasteiger partial charge in [0.25, 0.3) is 17.5 Å². The minimum absolute atomic E-state index is 0.0222. The Morgan fingerprint density at radius 2 is 1.68 bits per heavy atom. The number of nitro benzene ring substituents is 1. The second-order valence-corrected chi connectivity index (χ2v) is 7.80. The highest BCUT2D eigenvalue weighted by Gasteiger charge is 2.16. The first-order chi connectivity index (χ1) is 16.3. The van der Waals surface area contributed by atoms with Crippen LogP contribution in [0.1, 0.15) is 26.5 Å². The molecule has 9 heteroatoms. The number of carbonyl (C=O) groups is 2. The molecule has 4 aromatic rings. The van der Waals surface area contributed by atoms with Gasteiger partial charge in [-0.3, -0.25) is 19.7 Å². The first-order valence-corrected chi connectivity index (χ1v) is 10.5. The molecule has 2 N–H and O–H groups in total. The van der Waals surface area contributed by atoms with Crippen LogP contribution in [0.5, 0.6) is 0 Å². The molecule has 0 bridgehead atoms. The van der Waals surface area contributed by atoms with Crippen molar-refractivity contribution in [2.45, 2.75) is 6.92 Å². The van der Waals surface area contributed by atoms with Crippen LogP contribution < -0.4 is 10.6 Å². The van der Waals surface area contributed by atoms with Crippen molar-refractivity contribution in [1.82, 2.24) is 0 Å². The average molecular weight is 476 g/mol. The molecule has 0 atom stereocenters. The monoisotopic (exact) mass is 475 g/mol. The summed E-state index contributed by atoms with van der Waals surface area (Å²) in [6.07, 6.45) is 0. The predicted octanol–water partition coefficient (Wildman–Crippen LogP) is 6.32. The number of non-ortho nitro benzene ring substituents is 1. The molecule has 170 valence electrons. The molecular formula is C25H18ClN3O5. The average Bonchev–Trinajstić information content (AvgIpc) is 3.31. The van der Waals surface area contributed by atoms with E-state index >= 15 is 0 Å². The number of halogens is 1. The van der Waals surface area contributed by atoms with E-state index in [2.05, 4.69) is 10.6 Å². The molecule has 0 saturated carbocycles. The molecule has 8 nitrogen and oxygen atoms in total. The third-order valence-electron chi connectivity index (χ3n) is 5.03. The molecule has 2 amide bonds. The summed E-state index contributed by atoms with van der Waals surface area (Å²) < 4.78 is 5.67. The predicted molar refractivity (Wildman–Crippen MR) is 129 cm³/mol. The first kappa shape index (κ1) is 22.8. The maximum Gasteiger partial charge on any atom is 0.291 e. The van der Waals surface area contributed by atoms with E-state index in [1.165, 1.54) is 24.3 Å². The van der Waals surface area contributed by atoms with E-state index in [0.717, 1.165) is 0 Å². The Morgan fingerprint density at radius 1 is 0.912 bits per heavy atom. The molecule has 0 fully saturated rings. The summed E-state index contributed by atoms with van der Waals surface area (Å²) in [7, 11) is 0. The van der Waals surface area contributed by atoms with Gasteiger partial charge in [0.05, 0.1) is 15.6 Å². The van der Waals surface area contributed by atoms with E-state index < -0.39 is 10.8 Å². The number of nitro groups is 1. The van der Waals surface area contributed by atoms with Gasteiger partial charge in [-0.2, -0.15) is 0 Å². The number of furan rings is 1. The number of rotatable bonds is 6. The van der Waals surface area contributed by atoms with Gasteiger partial charge >= 0.3 is 0 Å². The van der Waals surface area contributed by atoms with Crippen molar-refractivity contribution in [1.29, 1.82) is 0 Å². The van der Waals surface area contributed by atoms with Gasteiger partial charge in [0.2, 0.25) is 0 Å². The molecule has 4 rings (SSSR count). The number of anilines is 2. The Labute approximate surface area is 199 Å². The van der Waals surface area contributed by atoms with Crippen LogP contribution in [0.4, 0.5) is 17.1 Å². The van der Waals surface area contributed by atoms with Crippen molar-refractivity contribution in [3.63, 3.8) is 0 Å². The molecule has 3 aromatic carbocycles. The van der Waals surface area contributed by atoms with Crippen LogP contribution in [0, 0.1) is 17.0 Å². The van der Waals surface area contributed by atoms with Gasteiger partial charge in [-0.05, 0) is 61.0 Å². The van der Waals surface area contributed by atoms with E-state index in [9.17, 15) is 19.7 Å². The molecule has 1 aromatic heterocycles. The zero-order chi connectivity index (χ0) is 24.2. The van der Waals surface area contributed by atoms with Crippen molar-refractivity contribution in [2.24, 2.45) is 0 Å².